The molecule has 1 aromatic heterocycles. The third-order valence-electron chi connectivity index (χ3n) is 2.94. The van der Waals surface area contributed by atoms with E-state index in [-0.39, 0.29) is 0 Å². The smallest absolute Gasteiger partial charge is 0.125 e. The molecule has 0 radical (unpaired) electrons. The van der Waals surface area contributed by atoms with E-state index in [2.05, 4.69) is 27.3 Å². The van der Waals surface area contributed by atoms with E-state index in [1.807, 2.05) is 13.2 Å². The predicted octanol–water partition coefficient (Wildman–Crippen LogP) is 2.11. The lowest BCUT2D eigenvalue weighted by atomic mass is 10.1. The van der Waals surface area contributed by atoms with Crippen LogP contribution in [0.4, 0.5) is 5.82 Å². The molecule has 1 N–H and O–H groups in total. The molecule has 82 valence electrons. The number of hydrogen-bond donors (Lipinski definition) is 1. The monoisotopic (exact) mass is 205 g/mol. The summed E-state index contributed by atoms with van der Waals surface area (Å²) in [4.78, 5) is 6.75. The van der Waals surface area contributed by atoms with Crippen molar-refractivity contribution in [3.63, 3.8) is 0 Å². The number of pyridine rings is 1. The molecule has 1 aliphatic rings. The Balaban J connectivity index is 1.96. The van der Waals surface area contributed by atoms with Crippen LogP contribution in [0.1, 0.15) is 24.8 Å². The molecular formula is C12H19N3. The van der Waals surface area contributed by atoms with Crippen molar-refractivity contribution in [2.24, 2.45) is 0 Å². The van der Waals surface area contributed by atoms with Crippen LogP contribution in [0, 0.1) is 0 Å². The average molecular weight is 205 g/mol. The lowest BCUT2D eigenvalue weighted by Gasteiger charge is -2.26. The third-order valence-corrected chi connectivity index (χ3v) is 2.94. The van der Waals surface area contributed by atoms with Crippen LogP contribution in [0.5, 0.6) is 0 Å². The van der Waals surface area contributed by atoms with Crippen molar-refractivity contribution in [3.8, 4) is 0 Å². The molecule has 3 heteroatoms. The number of likely N-dealkylation sites (tertiary alicyclic amines) is 1. The fourth-order valence-corrected chi connectivity index (χ4v) is 2.09. The van der Waals surface area contributed by atoms with Crippen LogP contribution in [0.25, 0.3) is 0 Å². The highest BCUT2D eigenvalue weighted by molar-refractivity contribution is 5.36. The van der Waals surface area contributed by atoms with Crippen molar-refractivity contribution >= 4 is 5.82 Å². The molecule has 0 aliphatic carbocycles. The van der Waals surface area contributed by atoms with E-state index in [0.29, 0.717) is 0 Å². The van der Waals surface area contributed by atoms with E-state index in [9.17, 15) is 0 Å². The van der Waals surface area contributed by atoms with Gasteiger partial charge in [-0.25, -0.2) is 4.98 Å². The van der Waals surface area contributed by atoms with Gasteiger partial charge >= 0.3 is 0 Å². The molecule has 0 bridgehead atoms. The second-order valence-electron chi connectivity index (χ2n) is 4.14. The van der Waals surface area contributed by atoms with Gasteiger partial charge in [0.25, 0.3) is 0 Å². The zero-order valence-corrected chi connectivity index (χ0v) is 9.37. The van der Waals surface area contributed by atoms with Gasteiger partial charge < -0.3 is 5.32 Å². The molecule has 1 fully saturated rings. The van der Waals surface area contributed by atoms with E-state index in [0.717, 1.165) is 12.4 Å². The summed E-state index contributed by atoms with van der Waals surface area (Å²) in [5.74, 6) is 0.963. The van der Waals surface area contributed by atoms with Crippen molar-refractivity contribution in [1.82, 2.24) is 9.88 Å². The molecule has 2 rings (SSSR count). The molecule has 1 aromatic rings. The molecule has 2 heterocycles. The highest BCUT2D eigenvalue weighted by Crippen LogP contribution is 2.14. The van der Waals surface area contributed by atoms with Crippen molar-refractivity contribution in [2.75, 3.05) is 25.5 Å². The van der Waals surface area contributed by atoms with Crippen molar-refractivity contribution in [2.45, 2.75) is 25.8 Å². The maximum absolute atomic E-state index is 4.22. The normalized spacial score (nSPS) is 17.7. The Morgan fingerprint density at radius 1 is 1.33 bits per heavy atom. The minimum atomic E-state index is 0.963. The molecule has 0 amide bonds. The quantitative estimate of drug-likeness (QED) is 0.819. The van der Waals surface area contributed by atoms with Crippen LogP contribution in [0.2, 0.25) is 0 Å². The number of nitrogens with zero attached hydrogens (tertiary/aromatic N) is 2. The molecule has 1 saturated heterocycles. The van der Waals surface area contributed by atoms with Crippen molar-refractivity contribution in [1.29, 1.82) is 0 Å². The zero-order chi connectivity index (χ0) is 10.5. The van der Waals surface area contributed by atoms with Gasteiger partial charge in [0.05, 0.1) is 0 Å². The van der Waals surface area contributed by atoms with Crippen LogP contribution in [-0.2, 0) is 6.54 Å². The Morgan fingerprint density at radius 2 is 2.13 bits per heavy atom. The Morgan fingerprint density at radius 3 is 2.87 bits per heavy atom. The molecular weight excluding hydrogens is 186 g/mol. The van der Waals surface area contributed by atoms with Crippen LogP contribution in [0.3, 0.4) is 0 Å². The van der Waals surface area contributed by atoms with Gasteiger partial charge in [0.1, 0.15) is 5.82 Å². The van der Waals surface area contributed by atoms with Gasteiger partial charge in [-0.1, -0.05) is 6.42 Å². The topological polar surface area (TPSA) is 28.2 Å². The SMILES string of the molecule is CNc1cc(CN2CCCCC2)ccn1. The minimum Gasteiger partial charge on any atom is -0.373 e. The number of aromatic nitrogens is 1. The molecule has 3 nitrogen and oxygen atoms in total. The summed E-state index contributed by atoms with van der Waals surface area (Å²) in [5.41, 5.74) is 1.36. The molecule has 15 heavy (non-hydrogen) atoms. The Kier molecular flexibility index (Phi) is 3.56. The zero-order valence-electron chi connectivity index (χ0n) is 9.37. The second kappa shape index (κ2) is 5.12. The molecule has 1 aliphatic heterocycles. The number of anilines is 1. The first-order chi connectivity index (χ1) is 7.38. The van der Waals surface area contributed by atoms with E-state index in [4.69, 9.17) is 0 Å². The molecule has 0 aromatic carbocycles. The van der Waals surface area contributed by atoms with E-state index in [1.165, 1.54) is 37.9 Å². The average Bonchev–Trinajstić information content (AvgIpc) is 2.31. The first kappa shape index (κ1) is 10.4. The van der Waals surface area contributed by atoms with Gasteiger partial charge in [0, 0.05) is 19.8 Å². The standard InChI is InChI=1S/C12H19N3/c1-13-12-9-11(5-6-14-12)10-15-7-3-2-4-8-15/h5-6,9H,2-4,7-8,10H2,1H3,(H,13,14). The van der Waals surface area contributed by atoms with Gasteiger partial charge in [0.2, 0.25) is 0 Å². The Bertz CT molecular complexity index is 305. The van der Waals surface area contributed by atoms with Crippen LogP contribution in [0.15, 0.2) is 18.3 Å². The Labute approximate surface area is 91.5 Å². The summed E-state index contributed by atoms with van der Waals surface area (Å²) >= 11 is 0. The summed E-state index contributed by atoms with van der Waals surface area (Å²) < 4.78 is 0. The summed E-state index contributed by atoms with van der Waals surface area (Å²) in [6.07, 6.45) is 5.98. The summed E-state index contributed by atoms with van der Waals surface area (Å²) in [5, 5.41) is 3.07. The second-order valence-corrected chi connectivity index (χ2v) is 4.14. The van der Waals surface area contributed by atoms with Crippen molar-refractivity contribution in [3.05, 3.63) is 23.9 Å². The predicted molar refractivity (Wildman–Crippen MR) is 62.9 cm³/mol. The summed E-state index contributed by atoms with van der Waals surface area (Å²) in [6.45, 7) is 3.56. The first-order valence-corrected chi connectivity index (χ1v) is 5.73. The molecule has 0 atom stereocenters. The van der Waals surface area contributed by atoms with Gasteiger partial charge in [-0.15, -0.1) is 0 Å². The number of nitrogens with one attached hydrogen (secondary N) is 1. The van der Waals surface area contributed by atoms with E-state index >= 15 is 0 Å². The van der Waals surface area contributed by atoms with Crippen LogP contribution < -0.4 is 5.32 Å². The summed E-state index contributed by atoms with van der Waals surface area (Å²) in [7, 11) is 1.91. The van der Waals surface area contributed by atoms with Gasteiger partial charge in [-0.05, 0) is 43.6 Å². The van der Waals surface area contributed by atoms with Gasteiger partial charge in [-0.2, -0.15) is 0 Å². The Hall–Kier alpha value is -1.09. The van der Waals surface area contributed by atoms with E-state index < -0.39 is 0 Å². The van der Waals surface area contributed by atoms with Crippen LogP contribution >= 0.6 is 0 Å². The fourth-order valence-electron chi connectivity index (χ4n) is 2.09. The third kappa shape index (κ3) is 2.93. The number of piperidine rings is 1. The molecule has 0 saturated carbocycles. The number of rotatable bonds is 3. The molecule has 0 spiro atoms. The maximum Gasteiger partial charge on any atom is 0.125 e. The largest absolute Gasteiger partial charge is 0.373 e. The lowest BCUT2D eigenvalue weighted by Crippen LogP contribution is -2.29. The van der Waals surface area contributed by atoms with Crippen molar-refractivity contribution < 1.29 is 0 Å². The fraction of sp³-hybridized carbons (Fsp3) is 0.583. The van der Waals surface area contributed by atoms with Gasteiger partial charge in [0.15, 0.2) is 0 Å². The maximum atomic E-state index is 4.22. The summed E-state index contributed by atoms with van der Waals surface area (Å²) in [6, 6.07) is 4.24. The van der Waals surface area contributed by atoms with Crippen LogP contribution in [-0.4, -0.2) is 30.0 Å². The minimum absolute atomic E-state index is 0.963. The highest BCUT2D eigenvalue weighted by atomic mass is 15.1. The van der Waals surface area contributed by atoms with Gasteiger partial charge in [-0.3, -0.25) is 4.90 Å². The highest BCUT2D eigenvalue weighted by Gasteiger charge is 2.10. The molecule has 0 unspecified atom stereocenters. The van der Waals surface area contributed by atoms with E-state index in [1.54, 1.807) is 0 Å². The lowest BCUT2D eigenvalue weighted by molar-refractivity contribution is 0.221. The number of hydrogen-bond acceptors (Lipinski definition) is 3. The first-order valence-electron chi connectivity index (χ1n) is 5.73.